The Bertz CT molecular complexity index is 606. The fourth-order valence-corrected chi connectivity index (χ4v) is 1.92. The molecule has 0 spiro atoms. The standard InChI is InChI=1S/C14H19ClN4O/c1-10(15)14(20)17-11-4-5-13-12(8-11)16-9-19(13)7-6-18(2)3/h4-5,8-10H,6-7H2,1-3H3,(H,17,20). The Morgan fingerprint density at radius 1 is 1.50 bits per heavy atom. The Kier molecular flexibility index (Phi) is 4.62. The van der Waals surface area contributed by atoms with Gasteiger partial charge in [-0.15, -0.1) is 11.6 Å². The second kappa shape index (κ2) is 6.24. The number of hydrogen-bond donors (Lipinski definition) is 1. The average molecular weight is 295 g/mol. The highest BCUT2D eigenvalue weighted by Crippen LogP contribution is 2.18. The highest BCUT2D eigenvalue weighted by atomic mass is 35.5. The molecule has 2 aromatic rings. The molecule has 0 radical (unpaired) electrons. The van der Waals surface area contributed by atoms with Gasteiger partial charge in [-0.05, 0) is 39.2 Å². The van der Waals surface area contributed by atoms with Crippen LogP contribution in [-0.2, 0) is 11.3 Å². The maximum Gasteiger partial charge on any atom is 0.242 e. The van der Waals surface area contributed by atoms with E-state index >= 15 is 0 Å². The molecule has 20 heavy (non-hydrogen) atoms. The molecule has 1 atom stereocenters. The molecule has 0 saturated heterocycles. The van der Waals surface area contributed by atoms with Crippen LogP contribution in [0.5, 0.6) is 0 Å². The highest BCUT2D eigenvalue weighted by Gasteiger charge is 2.10. The van der Waals surface area contributed by atoms with Gasteiger partial charge in [0, 0.05) is 18.8 Å². The van der Waals surface area contributed by atoms with Crippen molar-refractivity contribution >= 4 is 34.2 Å². The summed E-state index contributed by atoms with van der Waals surface area (Å²) >= 11 is 5.73. The van der Waals surface area contributed by atoms with E-state index in [1.165, 1.54) is 0 Å². The van der Waals surface area contributed by atoms with Crippen LogP contribution in [-0.4, -0.2) is 46.4 Å². The van der Waals surface area contributed by atoms with Gasteiger partial charge in [0.2, 0.25) is 5.91 Å². The smallest absolute Gasteiger partial charge is 0.242 e. The van der Waals surface area contributed by atoms with Gasteiger partial charge in [-0.25, -0.2) is 4.98 Å². The predicted octanol–water partition coefficient (Wildman–Crippen LogP) is 2.16. The minimum atomic E-state index is -0.552. The third kappa shape index (κ3) is 3.49. The fraction of sp³-hybridized carbons (Fsp3) is 0.429. The molecule has 1 aromatic heterocycles. The molecule has 2 rings (SSSR count). The molecule has 1 aromatic carbocycles. The molecule has 0 saturated carbocycles. The molecule has 1 amide bonds. The van der Waals surface area contributed by atoms with Crippen LogP contribution in [0.4, 0.5) is 5.69 Å². The number of imidazole rings is 1. The van der Waals surface area contributed by atoms with Gasteiger partial charge < -0.3 is 14.8 Å². The second-order valence-electron chi connectivity index (χ2n) is 5.05. The van der Waals surface area contributed by atoms with Crippen LogP contribution < -0.4 is 5.32 Å². The molecule has 1 N–H and O–H groups in total. The number of nitrogens with zero attached hydrogens (tertiary/aromatic N) is 3. The van der Waals surface area contributed by atoms with Crippen molar-refractivity contribution in [3.8, 4) is 0 Å². The number of fused-ring (bicyclic) bond motifs is 1. The van der Waals surface area contributed by atoms with Crippen molar-refractivity contribution in [2.24, 2.45) is 0 Å². The number of anilines is 1. The van der Waals surface area contributed by atoms with Crippen molar-refractivity contribution in [3.63, 3.8) is 0 Å². The highest BCUT2D eigenvalue weighted by molar-refractivity contribution is 6.32. The number of rotatable bonds is 5. The van der Waals surface area contributed by atoms with Gasteiger partial charge in [0.1, 0.15) is 5.38 Å². The molecule has 6 heteroatoms. The molecule has 5 nitrogen and oxygen atoms in total. The van der Waals surface area contributed by atoms with E-state index in [2.05, 4.69) is 19.8 Å². The van der Waals surface area contributed by atoms with E-state index in [-0.39, 0.29) is 5.91 Å². The molecular formula is C14H19ClN4O. The first kappa shape index (κ1) is 14.8. The zero-order valence-electron chi connectivity index (χ0n) is 11.9. The zero-order chi connectivity index (χ0) is 14.7. The molecule has 108 valence electrons. The third-order valence-corrected chi connectivity index (χ3v) is 3.24. The van der Waals surface area contributed by atoms with E-state index < -0.39 is 5.38 Å². The molecule has 0 aliphatic heterocycles. The van der Waals surface area contributed by atoms with E-state index in [0.717, 1.165) is 24.1 Å². The Hall–Kier alpha value is -1.59. The Morgan fingerprint density at radius 2 is 2.25 bits per heavy atom. The lowest BCUT2D eigenvalue weighted by Gasteiger charge is -2.11. The predicted molar refractivity (Wildman–Crippen MR) is 82.2 cm³/mol. The summed E-state index contributed by atoms with van der Waals surface area (Å²) in [6.45, 7) is 3.48. The number of carbonyl (C=O) groups is 1. The molecule has 1 heterocycles. The van der Waals surface area contributed by atoms with Gasteiger partial charge in [-0.1, -0.05) is 0 Å². The van der Waals surface area contributed by atoms with Crippen LogP contribution in [0.2, 0.25) is 0 Å². The number of nitrogens with one attached hydrogen (secondary N) is 1. The van der Waals surface area contributed by atoms with Gasteiger partial charge in [0.25, 0.3) is 0 Å². The summed E-state index contributed by atoms with van der Waals surface area (Å²) in [5.74, 6) is -0.210. The first-order chi connectivity index (χ1) is 9.47. The number of benzene rings is 1. The number of carbonyl (C=O) groups excluding carboxylic acids is 1. The van der Waals surface area contributed by atoms with Crippen LogP contribution >= 0.6 is 11.6 Å². The number of alkyl halides is 1. The number of halogens is 1. The first-order valence-corrected chi connectivity index (χ1v) is 6.95. The third-order valence-electron chi connectivity index (χ3n) is 3.04. The maximum absolute atomic E-state index is 11.6. The van der Waals surface area contributed by atoms with Gasteiger partial charge in [-0.3, -0.25) is 4.79 Å². The Balaban J connectivity index is 2.17. The van der Waals surface area contributed by atoms with E-state index in [4.69, 9.17) is 11.6 Å². The normalized spacial score (nSPS) is 12.8. The van der Waals surface area contributed by atoms with Gasteiger partial charge in [0.15, 0.2) is 0 Å². The molecule has 0 aliphatic carbocycles. The zero-order valence-corrected chi connectivity index (χ0v) is 12.7. The number of amides is 1. The van der Waals surface area contributed by atoms with Crippen LogP contribution in [0, 0.1) is 0 Å². The summed E-state index contributed by atoms with van der Waals surface area (Å²) in [4.78, 5) is 18.1. The van der Waals surface area contributed by atoms with Gasteiger partial charge in [-0.2, -0.15) is 0 Å². The first-order valence-electron chi connectivity index (χ1n) is 6.52. The van der Waals surface area contributed by atoms with Crippen molar-refractivity contribution in [1.29, 1.82) is 0 Å². The summed E-state index contributed by atoms with van der Waals surface area (Å²) in [5.41, 5.74) is 2.64. The van der Waals surface area contributed by atoms with E-state index in [1.807, 2.05) is 38.6 Å². The van der Waals surface area contributed by atoms with Crippen molar-refractivity contribution in [2.75, 3.05) is 26.0 Å². The maximum atomic E-state index is 11.6. The van der Waals surface area contributed by atoms with E-state index in [0.29, 0.717) is 5.69 Å². The number of likely N-dealkylation sites (N-methyl/N-ethyl adjacent to an activating group) is 1. The molecule has 0 bridgehead atoms. The molecule has 1 unspecified atom stereocenters. The topological polar surface area (TPSA) is 50.2 Å². The average Bonchev–Trinajstić information content (AvgIpc) is 2.78. The fourth-order valence-electron chi connectivity index (χ4n) is 1.87. The van der Waals surface area contributed by atoms with Crippen molar-refractivity contribution in [1.82, 2.24) is 14.5 Å². The summed E-state index contributed by atoms with van der Waals surface area (Å²) in [7, 11) is 4.08. The van der Waals surface area contributed by atoms with Crippen molar-refractivity contribution in [2.45, 2.75) is 18.8 Å². The minimum Gasteiger partial charge on any atom is -0.329 e. The van der Waals surface area contributed by atoms with E-state index in [9.17, 15) is 4.79 Å². The molecular weight excluding hydrogens is 276 g/mol. The van der Waals surface area contributed by atoms with Crippen LogP contribution in [0.25, 0.3) is 11.0 Å². The van der Waals surface area contributed by atoms with E-state index in [1.54, 1.807) is 6.92 Å². The lowest BCUT2D eigenvalue weighted by atomic mass is 10.2. The molecule has 0 aliphatic rings. The van der Waals surface area contributed by atoms with Gasteiger partial charge in [0.05, 0.1) is 17.4 Å². The van der Waals surface area contributed by atoms with Crippen LogP contribution in [0.3, 0.4) is 0 Å². The SMILES string of the molecule is CC(Cl)C(=O)Nc1ccc2c(c1)ncn2CCN(C)C. The summed E-state index contributed by atoms with van der Waals surface area (Å²) < 4.78 is 2.10. The lowest BCUT2D eigenvalue weighted by Crippen LogP contribution is -2.20. The number of hydrogen-bond acceptors (Lipinski definition) is 3. The molecule has 0 fully saturated rings. The Morgan fingerprint density at radius 3 is 2.90 bits per heavy atom. The Labute approximate surface area is 123 Å². The monoisotopic (exact) mass is 294 g/mol. The van der Waals surface area contributed by atoms with Crippen molar-refractivity contribution in [3.05, 3.63) is 24.5 Å². The largest absolute Gasteiger partial charge is 0.329 e. The summed E-state index contributed by atoms with van der Waals surface area (Å²) in [6.07, 6.45) is 1.82. The summed E-state index contributed by atoms with van der Waals surface area (Å²) in [6, 6.07) is 5.69. The minimum absolute atomic E-state index is 0.210. The van der Waals surface area contributed by atoms with Crippen LogP contribution in [0.15, 0.2) is 24.5 Å². The second-order valence-corrected chi connectivity index (χ2v) is 5.70. The quantitative estimate of drug-likeness (QED) is 0.860. The summed E-state index contributed by atoms with van der Waals surface area (Å²) in [5, 5.41) is 2.21. The van der Waals surface area contributed by atoms with Crippen molar-refractivity contribution < 1.29 is 4.79 Å². The number of aromatic nitrogens is 2. The van der Waals surface area contributed by atoms with Gasteiger partial charge >= 0.3 is 0 Å². The lowest BCUT2D eigenvalue weighted by molar-refractivity contribution is -0.115. The van der Waals surface area contributed by atoms with Crippen LogP contribution in [0.1, 0.15) is 6.92 Å².